The fourth-order valence-electron chi connectivity index (χ4n) is 1.59. The van der Waals surface area contributed by atoms with Crippen molar-refractivity contribution >= 4 is 16.0 Å². The van der Waals surface area contributed by atoms with Gasteiger partial charge in [0.25, 0.3) is 10.0 Å². The van der Waals surface area contributed by atoms with Crippen molar-refractivity contribution < 1.29 is 23.2 Å². The van der Waals surface area contributed by atoms with Crippen LogP contribution in [0.5, 0.6) is 0 Å². The minimum Gasteiger partial charge on any atom is -0.478 e. The molecule has 0 spiro atoms. The summed E-state index contributed by atoms with van der Waals surface area (Å²) in [5, 5.41) is 8.76. The molecule has 0 saturated heterocycles. The number of rotatable bonds is 6. The molecule has 2 N–H and O–H groups in total. The lowest BCUT2D eigenvalue weighted by Crippen LogP contribution is -2.24. The highest BCUT2D eigenvalue weighted by Crippen LogP contribution is 2.11. The van der Waals surface area contributed by atoms with Crippen LogP contribution in [0, 0.1) is 0 Å². The highest BCUT2D eigenvalue weighted by atomic mass is 32.2. The van der Waals surface area contributed by atoms with Crippen LogP contribution in [-0.4, -0.2) is 19.5 Å². The predicted octanol–water partition coefficient (Wildman–Crippen LogP) is 1.79. The Morgan fingerprint density at radius 1 is 1.05 bits per heavy atom. The number of carboxylic acid groups (broad SMARTS) is 1. The Hall–Kier alpha value is -2.22. The van der Waals surface area contributed by atoms with Crippen LogP contribution in [0.25, 0.3) is 0 Å². The molecule has 0 atom stereocenters. The second kappa shape index (κ2) is 6.49. The molecule has 0 radical (unpaired) electrons. The number of hydrogen-bond donors (Lipinski definition) is 2. The van der Waals surface area contributed by atoms with Gasteiger partial charge in [0.2, 0.25) is 0 Å². The van der Waals surface area contributed by atoms with E-state index < -0.39 is 16.0 Å². The average Bonchev–Trinajstić information content (AvgIpc) is 2.48. The molecular formula is C14H13NO5S. The van der Waals surface area contributed by atoms with E-state index in [4.69, 9.17) is 9.94 Å². The molecule has 0 heterocycles. The van der Waals surface area contributed by atoms with Gasteiger partial charge in [-0.05, 0) is 29.8 Å². The van der Waals surface area contributed by atoms with Crippen molar-refractivity contribution in [1.29, 1.82) is 0 Å². The van der Waals surface area contributed by atoms with Crippen LogP contribution in [0.2, 0.25) is 0 Å². The van der Waals surface area contributed by atoms with Crippen molar-refractivity contribution in [2.75, 3.05) is 0 Å². The molecule has 0 unspecified atom stereocenters. The SMILES string of the molecule is O=C(O)c1ccc(S(=O)(=O)NOCc2ccccc2)cc1. The number of benzene rings is 2. The van der Waals surface area contributed by atoms with E-state index in [1.807, 2.05) is 23.1 Å². The zero-order valence-corrected chi connectivity index (χ0v) is 11.7. The molecule has 0 aliphatic carbocycles. The average molecular weight is 307 g/mol. The Morgan fingerprint density at radius 3 is 2.24 bits per heavy atom. The van der Waals surface area contributed by atoms with Crippen molar-refractivity contribution in [3.05, 3.63) is 65.7 Å². The molecule has 0 aliphatic rings. The summed E-state index contributed by atoms with van der Waals surface area (Å²) in [4.78, 5) is 17.6. The number of hydrogen-bond acceptors (Lipinski definition) is 4. The topological polar surface area (TPSA) is 92.7 Å². The Balaban J connectivity index is 2.00. The minimum absolute atomic E-state index is 0.0131. The molecule has 2 aromatic rings. The molecule has 0 amide bonds. The van der Waals surface area contributed by atoms with Crippen LogP contribution in [0.15, 0.2) is 59.5 Å². The summed E-state index contributed by atoms with van der Waals surface area (Å²) in [6.07, 6.45) is 0. The fraction of sp³-hybridized carbons (Fsp3) is 0.0714. The lowest BCUT2D eigenvalue weighted by atomic mass is 10.2. The van der Waals surface area contributed by atoms with Gasteiger partial charge < -0.3 is 5.11 Å². The molecule has 7 heteroatoms. The molecule has 2 aromatic carbocycles. The lowest BCUT2D eigenvalue weighted by Gasteiger charge is -2.07. The van der Waals surface area contributed by atoms with Gasteiger partial charge in [0.05, 0.1) is 17.1 Å². The second-order valence-electron chi connectivity index (χ2n) is 4.19. The first-order valence-corrected chi connectivity index (χ1v) is 7.48. The number of nitrogens with one attached hydrogen (secondary N) is 1. The quantitative estimate of drug-likeness (QED) is 0.794. The Labute approximate surface area is 122 Å². The van der Waals surface area contributed by atoms with E-state index in [1.54, 1.807) is 12.1 Å². The Bertz CT molecular complexity index is 711. The maximum atomic E-state index is 11.9. The summed E-state index contributed by atoms with van der Waals surface area (Å²) >= 11 is 0. The minimum atomic E-state index is -3.84. The van der Waals surface area contributed by atoms with Gasteiger partial charge in [0.15, 0.2) is 0 Å². The Kier molecular flexibility index (Phi) is 4.69. The van der Waals surface area contributed by atoms with E-state index in [-0.39, 0.29) is 17.1 Å². The molecule has 110 valence electrons. The van der Waals surface area contributed by atoms with E-state index in [0.29, 0.717) is 0 Å². The van der Waals surface area contributed by atoms with E-state index in [0.717, 1.165) is 5.56 Å². The monoisotopic (exact) mass is 307 g/mol. The highest BCUT2D eigenvalue weighted by molar-refractivity contribution is 7.89. The van der Waals surface area contributed by atoms with Crippen LogP contribution < -0.4 is 4.89 Å². The van der Waals surface area contributed by atoms with E-state index in [1.165, 1.54) is 24.3 Å². The lowest BCUT2D eigenvalue weighted by molar-refractivity contribution is 0.0696. The van der Waals surface area contributed by atoms with Crippen LogP contribution in [0.4, 0.5) is 0 Å². The summed E-state index contributed by atoms with van der Waals surface area (Å²) in [6, 6.07) is 13.9. The standard InChI is InChI=1S/C14H13NO5S/c16-14(17)12-6-8-13(9-7-12)21(18,19)15-20-10-11-4-2-1-3-5-11/h1-9,15H,10H2,(H,16,17). The molecule has 0 bridgehead atoms. The van der Waals surface area contributed by atoms with Crippen LogP contribution in [0.1, 0.15) is 15.9 Å². The largest absolute Gasteiger partial charge is 0.478 e. The summed E-state index contributed by atoms with van der Waals surface area (Å²) in [7, 11) is -3.84. The Morgan fingerprint density at radius 2 is 1.67 bits per heavy atom. The first-order chi connectivity index (χ1) is 9.99. The summed E-state index contributed by atoms with van der Waals surface area (Å²) < 4.78 is 23.8. The van der Waals surface area contributed by atoms with Gasteiger partial charge in [0, 0.05) is 0 Å². The van der Waals surface area contributed by atoms with Crippen molar-refractivity contribution in [2.45, 2.75) is 11.5 Å². The third-order valence-corrected chi connectivity index (χ3v) is 3.89. The number of carbonyl (C=O) groups is 1. The van der Waals surface area contributed by atoms with Gasteiger partial charge in [-0.2, -0.15) is 0 Å². The molecular weight excluding hydrogens is 294 g/mol. The fourth-order valence-corrected chi connectivity index (χ4v) is 2.39. The van der Waals surface area contributed by atoms with Crippen LogP contribution in [0.3, 0.4) is 0 Å². The number of sulfonamides is 1. The normalized spacial score (nSPS) is 11.2. The van der Waals surface area contributed by atoms with Crippen molar-refractivity contribution in [3.63, 3.8) is 0 Å². The summed E-state index contributed by atoms with van der Waals surface area (Å²) in [5.74, 6) is -1.12. The van der Waals surface area contributed by atoms with Crippen molar-refractivity contribution in [2.24, 2.45) is 0 Å². The van der Waals surface area contributed by atoms with E-state index in [2.05, 4.69) is 0 Å². The van der Waals surface area contributed by atoms with E-state index >= 15 is 0 Å². The first-order valence-electron chi connectivity index (χ1n) is 6.00. The van der Waals surface area contributed by atoms with Gasteiger partial charge in [0.1, 0.15) is 0 Å². The third-order valence-electron chi connectivity index (χ3n) is 2.66. The molecule has 21 heavy (non-hydrogen) atoms. The summed E-state index contributed by atoms with van der Waals surface area (Å²) in [6.45, 7) is 0.0906. The molecule has 0 aliphatic heterocycles. The smallest absolute Gasteiger partial charge is 0.335 e. The van der Waals surface area contributed by atoms with Gasteiger partial charge in [-0.1, -0.05) is 35.2 Å². The van der Waals surface area contributed by atoms with Crippen molar-refractivity contribution in [1.82, 2.24) is 4.89 Å². The molecule has 0 fully saturated rings. The zero-order chi connectivity index (χ0) is 15.3. The van der Waals surface area contributed by atoms with Crippen LogP contribution in [-0.2, 0) is 21.5 Å². The predicted molar refractivity (Wildman–Crippen MR) is 75.0 cm³/mol. The number of aromatic carboxylic acids is 1. The van der Waals surface area contributed by atoms with Crippen molar-refractivity contribution in [3.8, 4) is 0 Å². The summed E-state index contributed by atoms with van der Waals surface area (Å²) in [5.41, 5.74) is 0.834. The molecule has 0 aromatic heterocycles. The van der Waals surface area contributed by atoms with Gasteiger partial charge in [-0.15, -0.1) is 0 Å². The van der Waals surface area contributed by atoms with E-state index in [9.17, 15) is 13.2 Å². The van der Waals surface area contributed by atoms with Gasteiger partial charge >= 0.3 is 5.97 Å². The molecule has 6 nitrogen and oxygen atoms in total. The van der Waals surface area contributed by atoms with Gasteiger partial charge in [-0.3, -0.25) is 4.84 Å². The zero-order valence-electron chi connectivity index (χ0n) is 10.9. The second-order valence-corrected chi connectivity index (χ2v) is 5.84. The first kappa shape index (κ1) is 15.2. The maximum Gasteiger partial charge on any atom is 0.335 e. The number of carboxylic acids is 1. The molecule has 2 rings (SSSR count). The highest BCUT2D eigenvalue weighted by Gasteiger charge is 2.14. The molecule has 0 saturated carbocycles. The third kappa shape index (κ3) is 4.12. The van der Waals surface area contributed by atoms with Gasteiger partial charge in [-0.25, -0.2) is 13.2 Å². The van der Waals surface area contributed by atoms with Crippen LogP contribution >= 0.6 is 0 Å². The maximum absolute atomic E-state index is 11.9.